The van der Waals surface area contributed by atoms with Crippen LogP contribution in [0.2, 0.25) is 5.15 Å². The summed E-state index contributed by atoms with van der Waals surface area (Å²) in [6.45, 7) is 0.480. The van der Waals surface area contributed by atoms with Crippen LogP contribution >= 0.6 is 11.6 Å². The van der Waals surface area contributed by atoms with Crippen LogP contribution in [-0.4, -0.2) is 33.7 Å². The second-order valence-electron chi connectivity index (χ2n) is 4.32. The molecular formula is C14H13ClN4O2. The fourth-order valence-corrected chi connectivity index (χ4v) is 2.19. The van der Waals surface area contributed by atoms with Crippen LogP contribution in [-0.2, 0) is 6.42 Å². The number of H-pyrrole nitrogens is 1. The molecule has 2 heterocycles. The van der Waals surface area contributed by atoms with Crippen LogP contribution in [0, 0.1) is 0 Å². The van der Waals surface area contributed by atoms with E-state index in [0.29, 0.717) is 35.2 Å². The number of nitrogens with one attached hydrogen (secondary N) is 1. The third-order valence-electron chi connectivity index (χ3n) is 3.02. The monoisotopic (exact) mass is 304 g/mol. The zero-order chi connectivity index (χ0) is 14.7. The number of halogens is 1. The maximum Gasteiger partial charge on any atom is 0.163 e. The van der Waals surface area contributed by atoms with Crippen molar-refractivity contribution in [1.29, 1.82) is 0 Å². The minimum Gasteiger partial charge on any atom is -0.493 e. The molecule has 6 nitrogen and oxygen atoms in total. The summed E-state index contributed by atoms with van der Waals surface area (Å²) in [7, 11) is 1.58. The van der Waals surface area contributed by atoms with E-state index in [0.717, 1.165) is 11.2 Å². The van der Waals surface area contributed by atoms with Crippen LogP contribution in [0.5, 0.6) is 11.5 Å². The van der Waals surface area contributed by atoms with Crippen molar-refractivity contribution in [3.63, 3.8) is 0 Å². The molecule has 1 aromatic carbocycles. The lowest BCUT2D eigenvalue weighted by Gasteiger charge is -2.11. The fraction of sp³-hybridized carbons (Fsp3) is 0.214. The molecule has 0 unspecified atom stereocenters. The van der Waals surface area contributed by atoms with Gasteiger partial charge in [-0.15, -0.1) is 0 Å². The third-order valence-corrected chi connectivity index (χ3v) is 3.32. The van der Waals surface area contributed by atoms with E-state index in [9.17, 15) is 0 Å². The lowest BCUT2D eigenvalue weighted by Crippen LogP contribution is -2.04. The van der Waals surface area contributed by atoms with Crippen molar-refractivity contribution in [1.82, 2.24) is 19.9 Å². The second-order valence-corrected chi connectivity index (χ2v) is 4.68. The van der Waals surface area contributed by atoms with E-state index in [1.54, 1.807) is 31.6 Å². The standard InChI is InChI=1S/C14H13ClN4O2/c1-20-11-6-9-10(18-8-19-14(9)15)7-12(11)21-5-2-13-16-3-4-17-13/h3-4,6-8H,2,5H2,1H3,(H,16,17). The van der Waals surface area contributed by atoms with Crippen LogP contribution in [0.15, 0.2) is 30.9 Å². The molecule has 21 heavy (non-hydrogen) atoms. The Labute approximate surface area is 126 Å². The molecule has 0 spiro atoms. The molecule has 0 atom stereocenters. The van der Waals surface area contributed by atoms with Crippen LogP contribution in [0.1, 0.15) is 5.82 Å². The second kappa shape index (κ2) is 5.97. The van der Waals surface area contributed by atoms with Crippen molar-refractivity contribution >= 4 is 22.5 Å². The molecule has 3 rings (SSSR count). The Kier molecular flexibility index (Phi) is 3.87. The molecule has 0 radical (unpaired) electrons. The summed E-state index contributed by atoms with van der Waals surface area (Å²) in [5, 5.41) is 1.12. The summed E-state index contributed by atoms with van der Waals surface area (Å²) in [4.78, 5) is 15.3. The van der Waals surface area contributed by atoms with Crippen LogP contribution in [0.25, 0.3) is 10.9 Å². The van der Waals surface area contributed by atoms with Crippen molar-refractivity contribution in [2.45, 2.75) is 6.42 Å². The number of aromatic nitrogens is 4. The van der Waals surface area contributed by atoms with E-state index >= 15 is 0 Å². The molecular weight excluding hydrogens is 292 g/mol. The Bertz CT molecular complexity index is 746. The van der Waals surface area contributed by atoms with Gasteiger partial charge in [0, 0.05) is 30.3 Å². The van der Waals surface area contributed by atoms with Crippen molar-refractivity contribution in [2.75, 3.05) is 13.7 Å². The molecule has 108 valence electrons. The minimum atomic E-state index is 0.389. The lowest BCUT2D eigenvalue weighted by molar-refractivity contribution is 0.296. The molecule has 2 aromatic heterocycles. The number of nitrogens with zero attached hydrogens (tertiary/aromatic N) is 3. The fourth-order valence-electron chi connectivity index (χ4n) is 2.00. The largest absolute Gasteiger partial charge is 0.493 e. The molecule has 0 aliphatic heterocycles. The number of hydrogen-bond acceptors (Lipinski definition) is 5. The van der Waals surface area contributed by atoms with E-state index in [4.69, 9.17) is 21.1 Å². The van der Waals surface area contributed by atoms with E-state index in [2.05, 4.69) is 19.9 Å². The van der Waals surface area contributed by atoms with Crippen molar-refractivity contribution in [2.24, 2.45) is 0 Å². The highest BCUT2D eigenvalue weighted by molar-refractivity contribution is 6.34. The minimum absolute atomic E-state index is 0.389. The first-order valence-corrected chi connectivity index (χ1v) is 6.75. The van der Waals surface area contributed by atoms with Gasteiger partial charge >= 0.3 is 0 Å². The molecule has 0 saturated heterocycles. The van der Waals surface area contributed by atoms with Gasteiger partial charge in [-0.05, 0) is 6.07 Å². The normalized spacial score (nSPS) is 10.8. The van der Waals surface area contributed by atoms with Gasteiger partial charge in [0.15, 0.2) is 11.5 Å². The predicted octanol–water partition coefficient (Wildman–Crippen LogP) is 2.64. The van der Waals surface area contributed by atoms with Crippen LogP contribution in [0.3, 0.4) is 0 Å². The van der Waals surface area contributed by atoms with E-state index in [1.165, 1.54) is 6.33 Å². The Morgan fingerprint density at radius 3 is 2.86 bits per heavy atom. The van der Waals surface area contributed by atoms with Crippen molar-refractivity contribution in [3.05, 3.63) is 41.8 Å². The van der Waals surface area contributed by atoms with Crippen molar-refractivity contribution in [3.8, 4) is 11.5 Å². The molecule has 7 heteroatoms. The summed E-state index contributed by atoms with van der Waals surface area (Å²) in [5.41, 5.74) is 0.712. The number of methoxy groups -OCH3 is 1. The van der Waals surface area contributed by atoms with Gasteiger partial charge in [-0.1, -0.05) is 11.6 Å². The number of benzene rings is 1. The van der Waals surface area contributed by atoms with E-state index < -0.39 is 0 Å². The summed E-state index contributed by atoms with van der Waals surface area (Å²) in [6, 6.07) is 3.57. The van der Waals surface area contributed by atoms with Gasteiger partial charge in [-0.25, -0.2) is 15.0 Å². The molecule has 0 fully saturated rings. The van der Waals surface area contributed by atoms with Gasteiger partial charge in [-0.2, -0.15) is 0 Å². The quantitative estimate of drug-likeness (QED) is 0.734. The average molecular weight is 305 g/mol. The Balaban J connectivity index is 1.83. The Morgan fingerprint density at radius 1 is 1.19 bits per heavy atom. The average Bonchev–Trinajstić information content (AvgIpc) is 3.00. The number of imidazole rings is 1. The van der Waals surface area contributed by atoms with Gasteiger partial charge in [0.2, 0.25) is 0 Å². The van der Waals surface area contributed by atoms with Gasteiger partial charge in [0.25, 0.3) is 0 Å². The smallest absolute Gasteiger partial charge is 0.163 e. The van der Waals surface area contributed by atoms with Gasteiger partial charge < -0.3 is 14.5 Å². The van der Waals surface area contributed by atoms with E-state index in [1.807, 2.05) is 0 Å². The summed E-state index contributed by atoms with van der Waals surface area (Å²) in [6.07, 6.45) is 5.60. The highest BCUT2D eigenvalue weighted by Gasteiger charge is 2.10. The predicted molar refractivity (Wildman–Crippen MR) is 78.9 cm³/mol. The van der Waals surface area contributed by atoms with Gasteiger partial charge in [-0.3, -0.25) is 0 Å². The maximum atomic E-state index is 6.05. The SMILES string of the molecule is COc1cc2c(Cl)ncnc2cc1OCCc1ncc[nH]1. The molecule has 1 N–H and O–H groups in total. The van der Waals surface area contributed by atoms with Gasteiger partial charge in [0.05, 0.1) is 19.2 Å². The molecule has 0 saturated carbocycles. The van der Waals surface area contributed by atoms with Crippen LogP contribution < -0.4 is 9.47 Å². The molecule has 0 aliphatic rings. The first-order valence-electron chi connectivity index (χ1n) is 6.37. The number of aromatic amines is 1. The number of hydrogen-bond donors (Lipinski definition) is 1. The third kappa shape index (κ3) is 2.90. The number of rotatable bonds is 5. The topological polar surface area (TPSA) is 72.9 Å². The molecule has 0 amide bonds. The Hall–Kier alpha value is -2.34. The summed E-state index contributed by atoms with van der Waals surface area (Å²) >= 11 is 6.05. The first-order chi connectivity index (χ1) is 10.3. The van der Waals surface area contributed by atoms with Crippen LogP contribution in [0.4, 0.5) is 0 Å². The highest BCUT2D eigenvalue weighted by atomic mass is 35.5. The highest BCUT2D eigenvalue weighted by Crippen LogP contribution is 2.33. The zero-order valence-corrected chi connectivity index (χ0v) is 12.1. The van der Waals surface area contributed by atoms with Crippen molar-refractivity contribution < 1.29 is 9.47 Å². The van der Waals surface area contributed by atoms with E-state index in [-0.39, 0.29) is 0 Å². The van der Waals surface area contributed by atoms with Gasteiger partial charge in [0.1, 0.15) is 17.3 Å². The lowest BCUT2D eigenvalue weighted by atomic mass is 10.2. The molecule has 3 aromatic rings. The number of ether oxygens (including phenoxy) is 2. The zero-order valence-electron chi connectivity index (χ0n) is 11.3. The first kappa shape index (κ1) is 13.6. The number of fused-ring (bicyclic) bond motifs is 1. The molecule has 0 aliphatic carbocycles. The summed E-state index contributed by atoms with van der Waals surface area (Å²) in [5.74, 6) is 2.09. The Morgan fingerprint density at radius 2 is 2.10 bits per heavy atom. The summed E-state index contributed by atoms with van der Waals surface area (Å²) < 4.78 is 11.1. The maximum absolute atomic E-state index is 6.05. The molecule has 0 bridgehead atoms.